The summed E-state index contributed by atoms with van der Waals surface area (Å²) in [5.41, 5.74) is 0. The minimum absolute atomic E-state index is 0.0523. The van der Waals surface area contributed by atoms with E-state index in [1.165, 1.54) is 44.9 Å². The molecule has 0 aromatic carbocycles. The Hall–Kier alpha value is -2.10. The number of esters is 2. The maximum absolute atomic E-state index is 12.6. The average molecular weight is 770 g/mol. The Labute approximate surface area is 323 Å². The second-order valence-electron chi connectivity index (χ2n) is 15.0. The number of hydrogen-bond acceptors (Lipinski definition) is 9. The monoisotopic (exact) mass is 770 g/mol. The van der Waals surface area contributed by atoms with Crippen LogP contribution in [0.15, 0.2) is 36.5 Å². The number of quaternary nitrogens is 1. The number of likely N-dealkylation sites (N-methyl/N-ethyl adjacent to an activating group) is 1. The Balaban J connectivity index is 4.50. The highest BCUT2D eigenvalue weighted by Gasteiger charge is 2.21. The van der Waals surface area contributed by atoms with Crippen LogP contribution in [-0.4, -0.2) is 75.8 Å². The molecule has 0 rings (SSSR count). The number of phosphoric ester groups is 1. The van der Waals surface area contributed by atoms with E-state index < -0.39 is 32.5 Å². The van der Waals surface area contributed by atoms with Crippen LogP contribution < -0.4 is 4.89 Å². The highest BCUT2D eigenvalue weighted by atomic mass is 31.2. The molecule has 0 heterocycles. The Kier molecular flexibility index (Phi) is 33.0. The molecule has 0 aliphatic rings. The van der Waals surface area contributed by atoms with Crippen molar-refractivity contribution in [1.29, 1.82) is 0 Å². The number of unbranched alkanes of at least 4 members (excludes halogenated alkanes) is 16. The molecule has 2 atom stereocenters. The van der Waals surface area contributed by atoms with E-state index >= 15 is 0 Å². The number of ether oxygens (including phenoxy) is 2. The molecular weight excluding hydrogens is 693 g/mol. The zero-order chi connectivity index (χ0) is 39.5. The van der Waals surface area contributed by atoms with Gasteiger partial charge in [-0.2, -0.15) is 0 Å². The quantitative estimate of drug-likeness (QED) is 0.0115. The van der Waals surface area contributed by atoms with Crippen LogP contribution in [0.3, 0.4) is 0 Å². The van der Waals surface area contributed by atoms with Gasteiger partial charge in [-0.1, -0.05) is 115 Å². The van der Waals surface area contributed by atoms with E-state index in [0.717, 1.165) is 70.6 Å². The van der Waals surface area contributed by atoms with Crippen molar-refractivity contribution in [2.24, 2.45) is 0 Å². The first-order chi connectivity index (χ1) is 25.4. The zero-order valence-electron chi connectivity index (χ0n) is 34.2. The second-order valence-corrected chi connectivity index (χ2v) is 16.4. The van der Waals surface area contributed by atoms with Crippen molar-refractivity contribution >= 4 is 25.5 Å². The van der Waals surface area contributed by atoms with Gasteiger partial charge in [0.2, 0.25) is 0 Å². The molecule has 53 heavy (non-hydrogen) atoms. The molecule has 0 N–H and O–H groups in total. The van der Waals surface area contributed by atoms with Gasteiger partial charge >= 0.3 is 11.9 Å². The van der Waals surface area contributed by atoms with E-state index in [-0.39, 0.29) is 31.8 Å². The predicted octanol–water partition coefficient (Wildman–Crippen LogP) is 9.90. The summed E-state index contributed by atoms with van der Waals surface area (Å²) < 4.78 is 33.7. The van der Waals surface area contributed by atoms with E-state index in [4.69, 9.17) is 18.5 Å². The molecule has 0 bridgehead atoms. The summed E-state index contributed by atoms with van der Waals surface area (Å²) in [7, 11) is 1.09. The highest BCUT2D eigenvalue weighted by molar-refractivity contribution is 7.45. The standard InChI is InChI=1S/C42H76NO9P/c1-6-8-10-12-14-15-16-17-18-19-21-25-30-34-42(46)52-40(38-51-53(47,48)50-36-35-43(3,4)5)37-49-41(45)33-29-26-22-24-28-32-39(44)31-27-23-20-13-11-9-7-2/h15-16,20,23,27,31,40H,6-14,17-19,21-22,24-26,28-30,32-38H2,1-5H3/b16-15-,23-20-,31-27+/t40-/m1/s1. The first-order valence-corrected chi connectivity index (χ1v) is 22.1. The lowest BCUT2D eigenvalue weighted by atomic mass is 10.1. The highest BCUT2D eigenvalue weighted by Crippen LogP contribution is 2.38. The molecule has 0 fully saturated rings. The summed E-state index contributed by atoms with van der Waals surface area (Å²) in [4.78, 5) is 49.4. The van der Waals surface area contributed by atoms with Crippen LogP contribution in [0.5, 0.6) is 0 Å². The van der Waals surface area contributed by atoms with E-state index in [9.17, 15) is 23.8 Å². The van der Waals surface area contributed by atoms with E-state index in [0.29, 0.717) is 30.3 Å². The van der Waals surface area contributed by atoms with Crippen molar-refractivity contribution in [2.45, 2.75) is 168 Å². The SMILES string of the molecule is CCCCC/C=C\C=C\C(=O)CCCCCCCC(=O)OC[C@H](COP(=O)([O-])OCC[N+](C)(C)C)OC(=O)CCCCCCC/C=C\CCCCCC. The van der Waals surface area contributed by atoms with Crippen LogP contribution in [0.2, 0.25) is 0 Å². The van der Waals surface area contributed by atoms with Crippen LogP contribution in [-0.2, 0) is 37.5 Å². The molecule has 10 nitrogen and oxygen atoms in total. The largest absolute Gasteiger partial charge is 0.756 e. The number of ketones is 1. The fourth-order valence-corrected chi connectivity index (χ4v) is 6.00. The molecule has 308 valence electrons. The number of phosphoric acid groups is 1. The lowest BCUT2D eigenvalue weighted by Crippen LogP contribution is -2.37. The maximum Gasteiger partial charge on any atom is 0.306 e. The van der Waals surface area contributed by atoms with Crippen LogP contribution >= 0.6 is 7.82 Å². The van der Waals surface area contributed by atoms with Gasteiger partial charge in [0.05, 0.1) is 27.7 Å². The van der Waals surface area contributed by atoms with E-state index in [1.807, 2.05) is 33.3 Å². The molecule has 1 unspecified atom stereocenters. The number of rotatable bonds is 37. The Morgan fingerprint density at radius 3 is 1.75 bits per heavy atom. The molecule has 11 heteroatoms. The van der Waals surface area contributed by atoms with Crippen molar-refractivity contribution in [3.05, 3.63) is 36.5 Å². The number of nitrogens with zero attached hydrogens (tertiary/aromatic N) is 1. The molecule has 0 spiro atoms. The smallest absolute Gasteiger partial charge is 0.306 e. The van der Waals surface area contributed by atoms with Gasteiger partial charge in [-0.05, 0) is 63.9 Å². The summed E-state index contributed by atoms with van der Waals surface area (Å²) in [5.74, 6) is -0.817. The van der Waals surface area contributed by atoms with Crippen LogP contribution in [0.4, 0.5) is 0 Å². The van der Waals surface area contributed by atoms with Gasteiger partial charge in [-0.3, -0.25) is 18.9 Å². The van der Waals surface area contributed by atoms with Crippen molar-refractivity contribution in [3.8, 4) is 0 Å². The molecule has 0 aromatic rings. The number of hydrogen-bond donors (Lipinski definition) is 0. The van der Waals surface area contributed by atoms with Gasteiger partial charge in [0, 0.05) is 19.3 Å². The molecule has 0 aliphatic carbocycles. The molecule has 0 aromatic heterocycles. The minimum Gasteiger partial charge on any atom is -0.756 e. The van der Waals surface area contributed by atoms with Gasteiger partial charge in [0.25, 0.3) is 7.82 Å². The average Bonchev–Trinajstić information content (AvgIpc) is 3.10. The van der Waals surface area contributed by atoms with Gasteiger partial charge in [-0.25, -0.2) is 0 Å². The summed E-state index contributed by atoms with van der Waals surface area (Å²) in [5, 5.41) is 0. The fraction of sp³-hybridized carbons (Fsp3) is 0.786. The van der Waals surface area contributed by atoms with E-state index in [1.54, 1.807) is 6.08 Å². The maximum atomic E-state index is 12.6. The van der Waals surface area contributed by atoms with E-state index in [2.05, 4.69) is 32.1 Å². The molecule has 0 radical (unpaired) electrons. The van der Waals surface area contributed by atoms with Crippen molar-refractivity contribution in [1.82, 2.24) is 0 Å². The normalized spacial score (nSPS) is 13.9. The summed E-state index contributed by atoms with van der Waals surface area (Å²) in [6.07, 6.45) is 32.7. The molecule has 0 amide bonds. The van der Waals surface area contributed by atoms with Gasteiger partial charge in [-0.15, -0.1) is 0 Å². The van der Waals surface area contributed by atoms with Crippen molar-refractivity contribution < 1.29 is 46.8 Å². The lowest BCUT2D eigenvalue weighted by Gasteiger charge is -2.28. The molecule has 0 saturated carbocycles. The first kappa shape index (κ1) is 50.9. The van der Waals surface area contributed by atoms with Gasteiger partial charge in [0.15, 0.2) is 11.9 Å². The number of allylic oxidation sites excluding steroid dienone is 6. The van der Waals surface area contributed by atoms with Crippen LogP contribution in [0, 0.1) is 0 Å². The first-order valence-electron chi connectivity index (χ1n) is 20.6. The van der Waals surface area contributed by atoms with Gasteiger partial charge < -0.3 is 27.9 Å². The summed E-state index contributed by atoms with van der Waals surface area (Å²) >= 11 is 0. The van der Waals surface area contributed by atoms with Crippen LogP contribution in [0.25, 0.3) is 0 Å². The molecule has 0 aliphatic heterocycles. The fourth-order valence-electron chi connectivity index (χ4n) is 5.28. The summed E-state index contributed by atoms with van der Waals surface area (Å²) in [6, 6.07) is 0. The number of carbonyl (C=O) groups excluding carboxylic acids is 3. The third-order valence-electron chi connectivity index (χ3n) is 8.61. The lowest BCUT2D eigenvalue weighted by molar-refractivity contribution is -0.870. The third kappa shape index (κ3) is 38.0. The Morgan fingerprint density at radius 1 is 0.623 bits per heavy atom. The Morgan fingerprint density at radius 2 is 1.13 bits per heavy atom. The third-order valence-corrected chi connectivity index (χ3v) is 9.57. The second kappa shape index (κ2) is 34.4. The minimum atomic E-state index is -4.65. The van der Waals surface area contributed by atoms with Crippen molar-refractivity contribution in [2.75, 3.05) is 47.5 Å². The van der Waals surface area contributed by atoms with Crippen molar-refractivity contribution in [3.63, 3.8) is 0 Å². The number of carbonyl (C=O) groups is 3. The Bertz CT molecular complexity index is 1070. The topological polar surface area (TPSA) is 128 Å². The van der Waals surface area contributed by atoms with Gasteiger partial charge in [0.1, 0.15) is 19.8 Å². The van der Waals surface area contributed by atoms with Crippen LogP contribution in [0.1, 0.15) is 162 Å². The molecular formula is C42H76NO9P. The predicted molar refractivity (Wildman–Crippen MR) is 213 cm³/mol. The zero-order valence-corrected chi connectivity index (χ0v) is 35.1. The summed E-state index contributed by atoms with van der Waals surface area (Å²) in [6.45, 7) is 3.99. The molecule has 0 saturated heterocycles.